The molecule has 338 valence electrons. The molecule has 0 N–H and O–H groups in total. The van der Waals surface area contributed by atoms with E-state index in [0.29, 0.717) is 19.3 Å². The van der Waals surface area contributed by atoms with Crippen molar-refractivity contribution >= 4 is 17.9 Å². The van der Waals surface area contributed by atoms with E-state index in [1.807, 2.05) is 12.2 Å². The minimum Gasteiger partial charge on any atom is -0.462 e. The van der Waals surface area contributed by atoms with E-state index in [9.17, 15) is 14.4 Å². The topological polar surface area (TPSA) is 78.9 Å². The molecule has 0 amide bonds. The lowest BCUT2D eigenvalue weighted by Crippen LogP contribution is -2.30. The third-order valence-corrected chi connectivity index (χ3v) is 10.2. The standard InChI is InChI=1S/C53H90O6/c1-4-7-10-13-16-19-22-24-26-27-29-31-34-37-40-43-46-52(55)58-49-50(48-57-51(54)45-42-39-36-33-30-21-18-15-12-9-6-3)59-53(56)47-44-41-38-35-32-28-25-23-20-17-14-11-8-5-2/h7,10,16,19,24,26,28-29,31-32,37,40,50H,4-6,8-9,11-15,17-18,20-23,25,27,30,33-36,38-39,41-49H2,1-3H3/b10-7-,19-16-,26-24-,31-29-,32-28-,40-37-. The first kappa shape index (κ1) is 55.9. The van der Waals surface area contributed by atoms with Crippen molar-refractivity contribution in [2.75, 3.05) is 13.2 Å². The molecule has 0 aliphatic carbocycles. The average Bonchev–Trinajstić information content (AvgIpc) is 3.23. The highest BCUT2D eigenvalue weighted by Crippen LogP contribution is 2.14. The third-order valence-electron chi connectivity index (χ3n) is 10.2. The van der Waals surface area contributed by atoms with Gasteiger partial charge in [-0.1, -0.05) is 203 Å². The third kappa shape index (κ3) is 45.8. The molecule has 6 nitrogen and oxygen atoms in total. The molecule has 0 spiro atoms. The van der Waals surface area contributed by atoms with Crippen LogP contribution in [0.3, 0.4) is 0 Å². The number of hydrogen-bond acceptors (Lipinski definition) is 6. The second kappa shape index (κ2) is 47.5. The zero-order chi connectivity index (χ0) is 43.0. The van der Waals surface area contributed by atoms with E-state index >= 15 is 0 Å². The summed E-state index contributed by atoms with van der Waals surface area (Å²) in [6, 6.07) is 0. The van der Waals surface area contributed by atoms with Crippen LogP contribution in [-0.2, 0) is 28.6 Å². The van der Waals surface area contributed by atoms with Crippen molar-refractivity contribution in [3.63, 3.8) is 0 Å². The second-order valence-electron chi connectivity index (χ2n) is 16.0. The molecule has 1 unspecified atom stereocenters. The van der Waals surface area contributed by atoms with E-state index in [4.69, 9.17) is 14.2 Å². The van der Waals surface area contributed by atoms with Crippen molar-refractivity contribution in [1.82, 2.24) is 0 Å². The number of carbonyl (C=O) groups is 3. The summed E-state index contributed by atoms with van der Waals surface area (Å²) < 4.78 is 16.7. The smallest absolute Gasteiger partial charge is 0.306 e. The predicted octanol–water partition coefficient (Wildman–Crippen LogP) is 15.9. The molecule has 0 radical (unpaired) electrons. The van der Waals surface area contributed by atoms with Crippen molar-refractivity contribution < 1.29 is 28.6 Å². The van der Waals surface area contributed by atoms with E-state index in [2.05, 4.69) is 81.5 Å². The van der Waals surface area contributed by atoms with Gasteiger partial charge in [0.15, 0.2) is 6.10 Å². The Balaban J connectivity index is 4.51. The highest BCUT2D eigenvalue weighted by atomic mass is 16.6. The number of hydrogen-bond donors (Lipinski definition) is 0. The lowest BCUT2D eigenvalue weighted by Gasteiger charge is -2.18. The number of allylic oxidation sites excluding steroid dienone is 12. The zero-order valence-electron chi connectivity index (χ0n) is 38.5. The van der Waals surface area contributed by atoms with Gasteiger partial charge in [0.25, 0.3) is 0 Å². The molecular weight excluding hydrogens is 733 g/mol. The van der Waals surface area contributed by atoms with Crippen molar-refractivity contribution in [2.45, 2.75) is 232 Å². The molecule has 6 heteroatoms. The molecule has 59 heavy (non-hydrogen) atoms. The van der Waals surface area contributed by atoms with Crippen LogP contribution >= 0.6 is 0 Å². The first-order valence-electron chi connectivity index (χ1n) is 24.4. The molecule has 0 saturated heterocycles. The fourth-order valence-electron chi connectivity index (χ4n) is 6.54. The van der Waals surface area contributed by atoms with Gasteiger partial charge in [-0.05, 0) is 77.0 Å². The van der Waals surface area contributed by atoms with E-state index in [0.717, 1.165) is 83.5 Å². The summed E-state index contributed by atoms with van der Waals surface area (Å²) in [6.45, 7) is 6.43. The van der Waals surface area contributed by atoms with Gasteiger partial charge >= 0.3 is 17.9 Å². The molecule has 0 aromatic heterocycles. The van der Waals surface area contributed by atoms with Crippen LogP contribution < -0.4 is 0 Å². The van der Waals surface area contributed by atoms with E-state index in [1.165, 1.54) is 96.3 Å². The lowest BCUT2D eigenvalue weighted by molar-refractivity contribution is -0.166. The fraction of sp³-hybridized carbons (Fsp3) is 0.717. The lowest BCUT2D eigenvalue weighted by atomic mass is 10.1. The minimum atomic E-state index is -0.809. The van der Waals surface area contributed by atoms with Gasteiger partial charge in [0.05, 0.1) is 0 Å². The Labute approximate surface area is 363 Å². The second-order valence-corrected chi connectivity index (χ2v) is 16.0. The Bertz CT molecular complexity index is 1130. The van der Waals surface area contributed by atoms with Crippen LogP contribution in [-0.4, -0.2) is 37.2 Å². The Morgan fingerprint density at radius 3 is 1.15 bits per heavy atom. The summed E-state index contributed by atoms with van der Waals surface area (Å²) in [7, 11) is 0. The highest BCUT2D eigenvalue weighted by molar-refractivity contribution is 5.71. The molecule has 0 aliphatic rings. The summed E-state index contributed by atoms with van der Waals surface area (Å²) in [5.41, 5.74) is 0. The normalized spacial score (nSPS) is 12.7. The highest BCUT2D eigenvalue weighted by Gasteiger charge is 2.19. The maximum atomic E-state index is 12.7. The average molecular weight is 823 g/mol. The van der Waals surface area contributed by atoms with Crippen molar-refractivity contribution in [2.24, 2.45) is 0 Å². The molecule has 0 saturated carbocycles. The molecule has 0 aromatic carbocycles. The number of rotatable bonds is 43. The van der Waals surface area contributed by atoms with E-state index in [-0.39, 0.29) is 37.5 Å². The summed E-state index contributed by atoms with van der Waals surface area (Å²) in [5.74, 6) is -1.01. The molecular formula is C53H90O6. The van der Waals surface area contributed by atoms with Crippen LogP contribution in [0.15, 0.2) is 72.9 Å². The van der Waals surface area contributed by atoms with Gasteiger partial charge in [-0.15, -0.1) is 0 Å². The van der Waals surface area contributed by atoms with Gasteiger partial charge < -0.3 is 14.2 Å². The van der Waals surface area contributed by atoms with Crippen LogP contribution in [0, 0.1) is 0 Å². The summed E-state index contributed by atoms with van der Waals surface area (Å²) in [5, 5.41) is 0. The Kier molecular flexibility index (Phi) is 45.0. The molecule has 0 aromatic rings. The van der Waals surface area contributed by atoms with Gasteiger partial charge in [0.2, 0.25) is 0 Å². The maximum absolute atomic E-state index is 12.7. The van der Waals surface area contributed by atoms with E-state index in [1.54, 1.807) is 0 Å². The predicted molar refractivity (Wildman–Crippen MR) is 251 cm³/mol. The van der Waals surface area contributed by atoms with Gasteiger partial charge in [0, 0.05) is 19.3 Å². The van der Waals surface area contributed by atoms with Gasteiger partial charge in [-0.2, -0.15) is 0 Å². The number of ether oxygens (including phenoxy) is 3. The molecule has 0 rings (SSSR count). The largest absolute Gasteiger partial charge is 0.462 e. The maximum Gasteiger partial charge on any atom is 0.306 e. The SMILES string of the molecule is CC/C=C\C/C=C\C/C=C\C/C=C\C/C=C\CCC(=O)OCC(COC(=O)CCCCCCCCCCCCC)OC(=O)CCCCC/C=C\CCCCCCCCC. The monoisotopic (exact) mass is 823 g/mol. The first-order chi connectivity index (χ1) is 29.0. The van der Waals surface area contributed by atoms with Crippen LogP contribution in [0.2, 0.25) is 0 Å². The quantitative estimate of drug-likeness (QED) is 0.0264. The minimum absolute atomic E-state index is 0.103. The van der Waals surface area contributed by atoms with Gasteiger partial charge in [0.1, 0.15) is 13.2 Å². The summed E-state index contributed by atoms with van der Waals surface area (Å²) in [4.78, 5) is 37.8. The summed E-state index contributed by atoms with van der Waals surface area (Å²) >= 11 is 0. The van der Waals surface area contributed by atoms with Crippen molar-refractivity contribution in [3.05, 3.63) is 72.9 Å². The van der Waals surface area contributed by atoms with Crippen LogP contribution in [0.25, 0.3) is 0 Å². The fourth-order valence-corrected chi connectivity index (χ4v) is 6.54. The zero-order valence-corrected chi connectivity index (χ0v) is 38.5. The Morgan fingerprint density at radius 1 is 0.356 bits per heavy atom. The molecule has 1 atom stereocenters. The molecule has 0 fully saturated rings. The Morgan fingerprint density at radius 2 is 0.695 bits per heavy atom. The molecule has 0 aliphatic heterocycles. The number of unbranched alkanes of at least 4 members (excludes halogenated alkanes) is 20. The number of carbonyl (C=O) groups excluding carboxylic acids is 3. The molecule has 0 heterocycles. The number of esters is 3. The van der Waals surface area contributed by atoms with Crippen LogP contribution in [0.1, 0.15) is 226 Å². The van der Waals surface area contributed by atoms with Gasteiger partial charge in [-0.25, -0.2) is 0 Å². The van der Waals surface area contributed by atoms with Crippen LogP contribution in [0.4, 0.5) is 0 Å². The Hall–Kier alpha value is -3.15. The van der Waals surface area contributed by atoms with Gasteiger partial charge in [-0.3, -0.25) is 14.4 Å². The van der Waals surface area contributed by atoms with E-state index < -0.39 is 6.10 Å². The van der Waals surface area contributed by atoms with Crippen molar-refractivity contribution in [3.8, 4) is 0 Å². The molecule has 0 bridgehead atoms. The van der Waals surface area contributed by atoms with Crippen LogP contribution in [0.5, 0.6) is 0 Å². The first-order valence-corrected chi connectivity index (χ1v) is 24.4. The summed E-state index contributed by atoms with van der Waals surface area (Å²) in [6.07, 6.45) is 59.0. The van der Waals surface area contributed by atoms with Crippen molar-refractivity contribution in [1.29, 1.82) is 0 Å².